The van der Waals surface area contributed by atoms with Crippen molar-refractivity contribution in [2.75, 3.05) is 11.9 Å². The monoisotopic (exact) mass is 343 g/mol. The zero-order chi connectivity index (χ0) is 18.3. The highest BCUT2D eigenvalue weighted by atomic mass is 19.1. The van der Waals surface area contributed by atoms with E-state index in [0.717, 1.165) is 12.2 Å². The van der Waals surface area contributed by atoms with Crippen molar-refractivity contribution in [1.82, 2.24) is 0 Å². The number of hydrogen-bond donors (Lipinski definition) is 1. The molecule has 0 spiro atoms. The normalized spacial score (nSPS) is 11.2. The van der Waals surface area contributed by atoms with Crippen LogP contribution in [0.3, 0.4) is 0 Å². The maximum Gasteiger partial charge on any atom is 0.224 e. The predicted octanol–water partition coefficient (Wildman–Crippen LogP) is 5.31. The molecule has 2 aromatic rings. The molecule has 25 heavy (non-hydrogen) atoms. The molecule has 0 bridgehead atoms. The Bertz CT molecular complexity index is 695. The van der Waals surface area contributed by atoms with Gasteiger partial charge in [-0.1, -0.05) is 45.0 Å². The molecule has 0 aromatic heterocycles. The highest BCUT2D eigenvalue weighted by Crippen LogP contribution is 2.28. The molecule has 0 aliphatic heterocycles. The van der Waals surface area contributed by atoms with Gasteiger partial charge in [-0.15, -0.1) is 0 Å². The summed E-state index contributed by atoms with van der Waals surface area (Å²) in [5.74, 6) is 0.154. The molecule has 0 saturated carbocycles. The summed E-state index contributed by atoms with van der Waals surface area (Å²) < 4.78 is 19.1. The van der Waals surface area contributed by atoms with Crippen molar-refractivity contribution in [3.8, 4) is 5.75 Å². The molecule has 2 aromatic carbocycles. The lowest BCUT2D eigenvalue weighted by Gasteiger charge is -2.23. The van der Waals surface area contributed by atoms with Crippen molar-refractivity contribution < 1.29 is 13.9 Å². The lowest BCUT2D eigenvalue weighted by Crippen LogP contribution is -2.15. The summed E-state index contributed by atoms with van der Waals surface area (Å²) in [6.45, 7) is 7.06. The maximum atomic E-state index is 13.5. The lowest BCUT2D eigenvalue weighted by atomic mass is 9.82. The van der Waals surface area contributed by atoms with Crippen LogP contribution in [-0.2, 0) is 10.2 Å². The van der Waals surface area contributed by atoms with E-state index in [-0.39, 0.29) is 23.4 Å². The standard InChI is InChI=1S/C21H26FNO2/c1-4-21(2,3)16-11-13-17(14-12-16)25-15-7-10-20(24)23-19-9-6-5-8-18(19)22/h5-6,8-9,11-14H,4,7,10,15H2,1-3H3,(H,23,24). The number of carbonyl (C=O) groups excluding carboxylic acids is 1. The Balaban J connectivity index is 1.74. The number of carbonyl (C=O) groups is 1. The van der Waals surface area contributed by atoms with Crippen LogP contribution in [0.4, 0.5) is 10.1 Å². The Morgan fingerprint density at radius 3 is 2.44 bits per heavy atom. The van der Waals surface area contributed by atoms with Crippen molar-refractivity contribution in [3.63, 3.8) is 0 Å². The van der Waals surface area contributed by atoms with Gasteiger partial charge in [-0.05, 0) is 48.1 Å². The molecule has 1 N–H and O–H groups in total. The fourth-order valence-corrected chi connectivity index (χ4v) is 2.40. The van der Waals surface area contributed by atoms with E-state index in [1.165, 1.54) is 11.6 Å². The van der Waals surface area contributed by atoms with Gasteiger partial charge in [-0.3, -0.25) is 4.79 Å². The molecule has 0 saturated heterocycles. The van der Waals surface area contributed by atoms with Crippen molar-refractivity contribution in [1.29, 1.82) is 0 Å². The fraction of sp³-hybridized carbons (Fsp3) is 0.381. The number of halogens is 1. The highest BCUT2D eigenvalue weighted by molar-refractivity contribution is 5.90. The topological polar surface area (TPSA) is 38.3 Å². The van der Waals surface area contributed by atoms with E-state index < -0.39 is 5.82 Å². The molecular formula is C21H26FNO2. The molecule has 0 radical (unpaired) electrons. The Morgan fingerprint density at radius 2 is 1.80 bits per heavy atom. The van der Waals surface area contributed by atoms with Crippen LogP contribution in [0.15, 0.2) is 48.5 Å². The molecule has 0 unspecified atom stereocenters. The van der Waals surface area contributed by atoms with Gasteiger partial charge in [0.1, 0.15) is 11.6 Å². The minimum Gasteiger partial charge on any atom is -0.494 e. The van der Waals surface area contributed by atoms with Crippen molar-refractivity contribution in [2.24, 2.45) is 0 Å². The minimum atomic E-state index is -0.429. The minimum absolute atomic E-state index is 0.156. The molecule has 0 atom stereocenters. The molecule has 3 nitrogen and oxygen atoms in total. The van der Waals surface area contributed by atoms with Gasteiger partial charge in [0.05, 0.1) is 12.3 Å². The lowest BCUT2D eigenvalue weighted by molar-refractivity contribution is -0.116. The van der Waals surface area contributed by atoms with Gasteiger partial charge in [-0.2, -0.15) is 0 Å². The summed E-state index contributed by atoms with van der Waals surface area (Å²) in [6, 6.07) is 14.2. The third-order valence-corrected chi connectivity index (χ3v) is 4.48. The Hall–Kier alpha value is -2.36. The van der Waals surface area contributed by atoms with Crippen LogP contribution in [-0.4, -0.2) is 12.5 Å². The third-order valence-electron chi connectivity index (χ3n) is 4.48. The van der Waals surface area contributed by atoms with Gasteiger partial charge in [0, 0.05) is 6.42 Å². The first kappa shape index (κ1) is 19.0. The van der Waals surface area contributed by atoms with E-state index in [1.54, 1.807) is 18.2 Å². The molecule has 0 aliphatic rings. The Kier molecular flexibility index (Phi) is 6.57. The maximum absolute atomic E-state index is 13.5. The van der Waals surface area contributed by atoms with Gasteiger partial charge in [0.2, 0.25) is 5.91 Å². The number of benzene rings is 2. The average molecular weight is 343 g/mol. The Morgan fingerprint density at radius 1 is 1.12 bits per heavy atom. The van der Waals surface area contributed by atoms with E-state index in [2.05, 4.69) is 38.2 Å². The van der Waals surface area contributed by atoms with Gasteiger partial charge < -0.3 is 10.1 Å². The zero-order valence-corrected chi connectivity index (χ0v) is 15.1. The number of hydrogen-bond acceptors (Lipinski definition) is 2. The first-order valence-electron chi connectivity index (χ1n) is 8.70. The number of ether oxygens (including phenoxy) is 1. The number of rotatable bonds is 8. The number of nitrogens with one attached hydrogen (secondary N) is 1. The van der Waals surface area contributed by atoms with Gasteiger partial charge >= 0.3 is 0 Å². The van der Waals surface area contributed by atoms with Crippen molar-refractivity contribution in [2.45, 2.75) is 45.4 Å². The first-order valence-corrected chi connectivity index (χ1v) is 8.70. The Labute approximate surface area is 149 Å². The van der Waals surface area contributed by atoms with Crippen LogP contribution < -0.4 is 10.1 Å². The molecule has 2 rings (SSSR count). The summed E-state index contributed by atoms with van der Waals surface area (Å²) in [7, 11) is 0. The van der Waals surface area contributed by atoms with E-state index in [9.17, 15) is 9.18 Å². The van der Waals surface area contributed by atoms with E-state index in [1.807, 2.05) is 12.1 Å². The zero-order valence-electron chi connectivity index (χ0n) is 15.1. The number of anilines is 1. The summed E-state index contributed by atoms with van der Waals surface area (Å²) in [5, 5.41) is 2.57. The second-order valence-corrected chi connectivity index (χ2v) is 6.74. The van der Waals surface area contributed by atoms with Crippen molar-refractivity contribution >= 4 is 11.6 Å². The number of amides is 1. The van der Waals surface area contributed by atoms with Crippen molar-refractivity contribution in [3.05, 3.63) is 59.9 Å². The van der Waals surface area contributed by atoms with Crippen LogP contribution in [0.2, 0.25) is 0 Å². The van der Waals surface area contributed by atoms with E-state index in [0.29, 0.717) is 13.0 Å². The van der Waals surface area contributed by atoms with Crippen LogP contribution in [0.1, 0.15) is 45.6 Å². The van der Waals surface area contributed by atoms with Crippen LogP contribution in [0.5, 0.6) is 5.75 Å². The van der Waals surface area contributed by atoms with Crippen LogP contribution in [0, 0.1) is 5.82 Å². The SMILES string of the molecule is CCC(C)(C)c1ccc(OCCCC(=O)Nc2ccccc2F)cc1. The summed E-state index contributed by atoms with van der Waals surface area (Å²) in [6.07, 6.45) is 1.93. The molecule has 0 heterocycles. The predicted molar refractivity (Wildman–Crippen MR) is 99.5 cm³/mol. The molecule has 4 heteroatoms. The fourth-order valence-electron chi connectivity index (χ4n) is 2.40. The van der Waals surface area contributed by atoms with Gasteiger partial charge in [0.25, 0.3) is 0 Å². The second kappa shape index (κ2) is 8.65. The quantitative estimate of drug-likeness (QED) is 0.660. The van der Waals surface area contributed by atoms with Crippen LogP contribution in [0.25, 0.3) is 0 Å². The smallest absolute Gasteiger partial charge is 0.224 e. The van der Waals surface area contributed by atoms with E-state index in [4.69, 9.17) is 4.74 Å². The average Bonchev–Trinajstić information content (AvgIpc) is 2.61. The highest BCUT2D eigenvalue weighted by Gasteiger charge is 2.17. The largest absolute Gasteiger partial charge is 0.494 e. The van der Waals surface area contributed by atoms with E-state index >= 15 is 0 Å². The molecule has 134 valence electrons. The first-order chi connectivity index (χ1) is 11.9. The molecule has 0 aliphatic carbocycles. The number of para-hydroxylation sites is 1. The summed E-state index contributed by atoms with van der Waals surface area (Å²) in [5.41, 5.74) is 1.65. The summed E-state index contributed by atoms with van der Waals surface area (Å²) >= 11 is 0. The third kappa shape index (κ3) is 5.59. The van der Waals surface area contributed by atoms with Crippen LogP contribution >= 0.6 is 0 Å². The molecule has 0 fully saturated rings. The second-order valence-electron chi connectivity index (χ2n) is 6.74. The van der Waals surface area contributed by atoms with Gasteiger partial charge in [0.15, 0.2) is 0 Å². The van der Waals surface area contributed by atoms with Gasteiger partial charge in [-0.25, -0.2) is 4.39 Å². The molecule has 1 amide bonds. The summed E-state index contributed by atoms with van der Waals surface area (Å²) in [4.78, 5) is 11.8. The molecular weight excluding hydrogens is 317 g/mol.